The average Bonchev–Trinajstić information content (AvgIpc) is 3.21. The van der Waals surface area contributed by atoms with Crippen LogP contribution in [0.3, 0.4) is 0 Å². The van der Waals surface area contributed by atoms with E-state index in [4.69, 9.17) is 14.9 Å². The van der Waals surface area contributed by atoms with Crippen LogP contribution in [0.1, 0.15) is 31.2 Å². The van der Waals surface area contributed by atoms with Crippen molar-refractivity contribution in [3.05, 3.63) is 71.7 Å². The molecule has 0 aliphatic heterocycles. The van der Waals surface area contributed by atoms with Crippen molar-refractivity contribution in [2.45, 2.75) is 37.1 Å². The van der Waals surface area contributed by atoms with E-state index in [-0.39, 0.29) is 41.3 Å². The maximum Gasteiger partial charge on any atom is 0.303 e. The zero-order chi connectivity index (χ0) is 28.5. The van der Waals surface area contributed by atoms with Crippen LogP contribution < -0.4 is 10.1 Å². The number of aromatic nitrogens is 1. The van der Waals surface area contributed by atoms with Gasteiger partial charge in [-0.15, -0.1) is 0 Å². The quantitative estimate of drug-likeness (QED) is 0.299. The van der Waals surface area contributed by atoms with Gasteiger partial charge in [-0.25, -0.2) is 25.6 Å². The summed E-state index contributed by atoms with van der Waals surface area (Å²) in [4.78, 5) is 19.5. The molecule has 0 fully saturated rings. The van der Waals surface area contributed by atoms with Gasteiger partial charge in [-0.3, -0.25) is 9.59 Å². The number of nitrogens with one attached hydrogen (secondary N) is 1. The summed E-state index contributed by atoms with van der Waals surface area (Å²) in [7, 11) is -1.32. The van der Waals surface area contributed by atoms with Crippen LogP contribution in [0.4, 0.5) is 13.2 Å². The first kappa shape index (κ1) is 30.4. The highest BCUT2D eigenvalue weighted by Gasteiger charge is 2.28. The monoisotopic (exact) mass is 556 g/mol. The van der Waals surface area contributed by atoms with Crippen molar-refractivity contribution in [3.8, 4) is 17.0 Å². The number of hydrogen-bond acceptors (Lipinski definition) is 6. The minimum atomic E-state index is -4.29. The second kappa shape index (κ2) is 13.6. The van der Waals surface area contributed by atoms with Crippen LogP contribution in [-0.4, -0.2) is 48.7 Å². The number of ether oxygens (including phenoxy) is 1. The third kappa shape index (κ3) is 7.83. The molecular weight excluding hydrogens is 529 g/mol. The van der Waals surface area contributed by atoms with Gasteiger partial charge in [0, 0.05) is 42.8 Å². The highest BCUT2D eigenvalue weighted by Crippen LogP contribution is 2.39. The molecule has 3 N–H and O–H groups in total. The maximum absolute atomic E-state index is 14.5. The maximum atomic E-state index is 14.5. The molecule has 0 atom stereocenters. The van der Waals surface area contributed by atoms with E-state index in [1.807, 2.05) is 0 Å². The number of unbranched alkanes of at least 4 members (excludes halogenated alkanes) is 1. The molecule has 38 heavy (non-hydrogen) atoms. The molecule has 13 heteroatoms. The number of hydrogen-bond donors (Lipinski definition) is 3. The van der Waals surface area contributed by atoms with Crippen molar-refractivity contribution in [2.24, 2.45) is 0 Å². The lowest BCUT2D eigenvalue weighted by atomic mass is 10.1. The highest BCUT2D eigenvalue weighted by molar-refractivity contribution is 7.90. The van der Waals surface area contributed by atoms with Crippen LogP contribution in [0.25, 0.3) is 11.3 Å². The van der Waals surface area contributed by atoms with Crippen molar-refractivity contribution in [3.63, 3.8) is 0 Å². The molecule has 0 unspecified atom stereocenters. The second-order valence-electron chi connectivity index (χ2n) is 7.94. The van der Waals surface area contributed by atoms with Gasteiger partial charge in [-0.1, -0.05) is 6.07 Å². The first-order valence-corrected chi connectivity index (χ1v) is 12.7. The van der Waals surface area contributed by atoms with Crippen LogP contribution in [0.15, 0.2) is 53.6 Å². The zero-order valence-electron chi connectivity index (χ0n) is 20.6. The van der Waals surface area contributed by atoms with Crippen molar-refractivity contribution < 1.29 is 46.1 Å². The fourth-order valence-corrected chi connectivity index (χ4v) is 4.89. The summed E-state index contributed by atoms with van der Waals surface area (Å²) in [5.74, 6) is -4.12. The van der Waals surface area contributed by atoms with Crippen molar-refractivity contribution >= 4 is 22.0 Å². The van der Waals surface area contributed by atoms with Crippen LogP contribution in [-0.2, 0) is 26.2 Å². The molecule has 206 valence electrons. The van der Waals surface area contributed by atoms with E-state index in [0.717, 1.165) is 28.2 Å². The topological polar surface area (TPSA) is 135 Å². The lowest BCUT2D eigenvalue weighted by Gasteiger charge is -2.13. The summed E-state index contributed by atoms with van der Waals surface area (Å²) in [6.45, 7) is 0.227. The molecule has 1 aromatic heterocycles. The Morgan fingerprint density at radius 3 is 2.08 bits per heavy atom. The van der Waals surface area contributed by atoms with E-state index < -0.39 is 39.4 Å². The van der Waals surface area contributed by atoms with Crippen molar-refractivity contribution in [2.75, 3.05) is 14.2 Å². The van der Waals surface area contributed by atoms with Crippen LogP contribution in [0.5, 0.6) is 5.75 Å². The number of carbonyl (C=O) groups is 2. The standard InChI is InChI=1S/C19H17F3N2O3S.C6H10O4/c1-23-10-12-11-24(28(25,26)15-5-3-4-13(20)8-15)18(19(12)27-2)16-7-6-14(21)9-17(16)22;7-5(8)3-1-2-4-6(9)10/h3-9,11,23H,10H2,1-2H3;1-4H2,(H,7,8)(H,9,10). The smallest absolute Gasteiger partial charge is 0.303 e. The molecule has 0 bridgehead atoms. The van der Waals surface area contributed by atoms with Gasteiger partial charge in [0.05, 0.1) is 12.0 Å². The fraction of sp³-hybridized carbons (Fsp3) is 0.280. The molecule has 0 aliphatic carbocycles. The Hall–Kier alpha value is -3.84. The summed E-state index contributed by atoms with van der Waals surface area (Å²) < 4.78 is 74.0. The molecule has 2 aromatic carbocycles. The summed E-state index contributed by atoms with van der Waals surface area (Å²) in [5.41, 5.74) is 0.152. The van der Waals surface area contributed by atoms with Crippen molar-refractivity contribution in [1.82, 2.24) is 9.29 Å². The predicted octanol–water partition coefficient (Wildman–Crippen LogP) is 4.25. The Kier molecular flexibility index (Phi) is 10.9. The Bertz CT molecular complexity index is 1380. The Morgan fingerprint density at radius 2 is 1.58 bits per heavy atom. The number of aliphatic carboxylic acids is 2. The highest BCUT2D eigenvalue weighted by atomic mass is 32.2. The van der Waals surface area contributed by atoms with Gasteiger partial charge in [0.15, 0.2) is 0 Å². The molecule has 3 rings (SSSR count). The van der Waals surface area contributed by atoms with Gasteiger partial charge in [-0.2, -0.15) is 0 Å². The number of benzene rings is 2. The number of nitrogens with zero attached hydrogens (tertiary/aromatic N) is 1. The molecule has 0 saturated carbocycles. The molecule has 1 heterocycles. The molecule has 0 aliphatic rings. The number of carboxylic acid groups (broad SMARTS) is 2. The number of halogens is 3. The molecular formula is C25H27F3N2O7S. The normalized spacial score (nSPS) is 11.0. The predicted molar refractivity (Wildman–Crippen MR) is 132 cm³/mol. The van der Waals surface area contributed by atoms with Crippen LogP contribution >= 0.6 is 0 Å². The Balaban J connectivity index is 0.000000432. The van der Waals surface area contributed by atoms with E-state index in [2.05, 4.69) is 5.32 Å². The zero-order valence-corrected chi connectivity index (χ0v) is 21.4. The van der Waals surface area contributed by atoms with E-state index >= 15 is 0 Å². The Labute approximate surface area is 217 Å². The van der Waals surface area contributed by atoms with E-state index in [0.29, 0.717) is 24.5 Å². The largest absolute Gasteiger partial charge is 0.494 e. The van der Waals surface area contributed by atoms with Gasteiger partial charge < -0.3 is 20.3 Å². The molecule has 0 radical (unpaired) electrons. The first-order valence-electron chi connectivity index (χ1n) is 11.2. The number of methoxy groups -OCH3 is 1. The van der Waals surface area contributed by atoms with Crippen LogP contribution in [0.2, 0.25) is 0 Å². The Morgan fingerprint density at radius 1 is 0.974 bits per heavy atom. The second-order valence-corrected chi connectivity index (χ2v) is 9.76. The lowest BCUT2D eigenvalue weighted by Crippen LogP contribution is -2.14. The number of rotatable bonds is 11. The van der Waals surface area contributed by atoms with Crippen molar-refractivity contribution in [1.29, 1.82) is 0 Å². The first-order chi connectivity index (χ1) is 17.9. The number of carboxylic acids is 2. The third-order valence-corrected chi connectivity index (χ3v) is 6.80. The SMILES string of the molecule is CNCc1cn(S(=O)(=O)c2cccc(F)c2)c(-c2ccc(F)cc2F)c1OC.O=C(O)CCCCC(=O)O. The molecule has 9 nitrogen and oxygen atoms in total. The van der Waals surface area contributed by atoms with E-state index in [1.54, 1.807) is 7.05 Å². The van der Waals surface area contributed by atoms with E-state index in [9.17, 15) is 31.2 Å². The molecule has 0 amide bonds. The molecule has 0 spiro atoms. The van der Waals surface area contributed by atoms with Gasteiger partial charge in [0.25, 0.3) is 10.0 Å². The summed E-state index contributed by atoms with van der Waals surface area (Å²) in [5, 5.41) is 19.1. The summed E-state index contributed by atoms with van der Waals surface area (Å²) in [6, 6.07) is 7.26. The molecule has 3 aromatic rings. The van der Waals surface area contributed by atoms with E-state index in [1.165, 1.54) is 25.4 Å². The van der Waals surface area contributed by atoms with Gasteiger partial charge in [0.2, 0.25) is 0 Å². The van der Waals surface area contributed by atoms with Gasteiger partial charge >= 0.3 is 11.9 Å². The summed E-state index contributed by atoms with van der Waals surface area (Å²) >= 11 is 0. The third-order valence-electron chi connectivity index (χ3n) is 5.14. The lowest BCUT2D eigenvalue weighted by molar-refractivity contribution is -0.139. The minimum Gasteiger partial charge on any atom is -0.494 e. The fourth-order valence-electron chi connectivity index (χ4n) is 3.47. The van der Waals surface area contributed by atoms with Gasteiger partial charge in [0.1, 0.15) is 28.9 Å². The summed E-state index contributed by atoms with van der Waals surface area (Å²) in [6.07, 6.45) is 2.29. The average molecular weight is 557 g/mol. The van der Waals surface area contributed by atoms with Gasteiger partial charge in [-0.05, 0) is 50.2 Å². The molecule has 0 saturated heterocycles. The van der Waals surface area contributed by atoms with Crippen LogP contribution in [0, 0.1) is 17.5 Å². The minimum absolute atomic E-state index is 0.0628.